The number of hydrogen-bond acceptors (Lipinski definition) is 4. The highest BCUT2D eigenvalue weighted by atomic mass is 16.5. The molecule has 2 rings (SSSR count). The fourth-order valence-corrected chi connectivity index (χ4v) is 2.36. The lowest BCUT2D eigenvalue weighted by Crippen LogP contribution is -2.10. The maximum Gasteiger partial charge on any atom is 0.338 e. The highest BCUT2D eigenvalue weighted by molar-refractivity contribution is 6.02. The summed E-state index contributed by atoms with van der Waals surface area (Å²) in [5, 5.41) is 2.75. The van der Waals surface area contributed by atoms with Gasteiger partial charge in [0, 0.05) is 17.3 Å². The Morgan fingerprint density at radius 1 is 1.07 bits per heavy atom. The first-order chi connectivity index (χ1) is 13.1. The quantitative estimate of drug-likeness (QED) is 0.397. The van der Waals surface area contributed by atoms with E-state index in [-0.39, 0.29) is 5.91 Å². The molecule has 0 spiro atoms. The van der Waals surface area contributed by atoms with Crippen LogP contribution in [0.15, 0.2) is 54.6 Å². The molecule has 0 aliphatic carbocycles. The Bertz CT molecular complexity index is 798. The molecule has 142 valence electrons. The molecule has 1 N–H and O–H groups in total. The SMILES string of the molecule is CCCCOc1ccccc1C=CC(=O)Nc1cccc(C(=O)OCC)c1. The first-order valence-electron chi connectivity index (χ1n) is 9.12. The van der Waals surface area contributed by atoms with Crippen molar-refractivity contribution in [2.75, 3.05) is 18.5 Å². The Morgan fingerprint density at radius 3 is 2.67 bits per heavy atom. The topological polar surface area (TPSA) is 64.6 Å². The van der Waals surface area contributed by atoms with Crippen molar-refractivity contribution in [2.45, 2.75) is 26.7 Å². The Morgan fingerprint density at radius 2 is 1.89 bits per heavy atom. The van der Waals surface area contributed by atoms with Crippen molar-refractivity contribution in [3.63, 3.8) is 0 Å². The number of nitrogens with one attached hydrogen (secondary N) is 1. The number of carbonyl (C=O) groups excluding carboxylic acids is 2. The van der Waals surface area contributed by atoms with Gasteiger partial charge in [-0.25, -0.2) is 4.79 Å². The van der Waals surface area contributed by atoms with E-state index in [2.05, 4.69) is 12.2 Å². The number of amides is 1. The maximum absolute atomic E-state index is 12.2. The van der Waals surface area contributed by atoms with Gasteiger partial charge in [-0.3, -0.25) is 4.79 Å². The standard InChI is InChI=1S/C22H25NO4/c1-3-5-15-27-20-12-7-6-9-17(20)13-14-21(24)23-19-11-8-10-18(16-19)22(25)26-4-2/h6-14,16H,3-5,15H2,1-2H3,(H,23,24). The number of unbranched alkanes of at least 4 members (excludes halogenated alkanes) is 1. The molecular weight excluding hydrogens is 342 g/mol. The molecule has 0 unspecified atom stereocenters. The van der Waals surface area contributed by atoms with Crippen LogP contribution in [-0.2, 0) is 9.53 Å². The number of esters is 1. The first kappa shape index (κ1) is 20.2. The number of rotatable bonds is 9. The summed E-state index contributed by atoms with van der Waals surface area (Å²) in [5.41, 5.74) is 1.76. The van der Waals surface area contributed by atoms with Gasteiger partial charge >= 0.3 is 5.97 Å². The molecule has 2 aromatic carbocycles. The van der Waals surface area contributed by atoms with Crippen LogP contribution in [-0.4, -0.2) is 25.1 Å². The number of ether oxygens (including phenoxy) is 2. The third kappa shape index (κ3) is 6.62. The van der Waals surface area contributed by atoms with Gasteiger partial charge in [-0.1, -0.05) is 37.6 Å². The lowest BCUT2D eigenvalue weighted by Gasteiger charge is -2.08. The van der Waals surface area contributed by atoms with Crippen molar-refractivity contribution in [2.24, 2.45) is 0 Å². The number of benzene rings is 2. The summed E-state index contributed by atoms with van der Waals surface area (Å²) in [6.07, 6.45) is 5.20. The van der Waals surface area contributed by atoms with Crippen molar-refractivity contribution in [3.05, 3.63) is 65.7 Å². The minimum absolute atomic E-state index is 0.292. The lowest BCUT2D eigenvalue weighted by molar-refractivity contribution is -0.111. The summed E-state index contributed by atoms with van der Waals surface area (Å²) in [4.78, 5) is 24.0. The molecule has 5 nitrogen and oxygen atoms in total. The molecule has 0 saturated heterocycles. The number of carbonyl (C=O) groups is 2. The fraction of sp³-hybridized carbons (Fsp3) is 0.273. The van der Waals surface area contributed by atoms with Crippen LogP contribution < -0.4 is 10.1 Å². The van der Waals surface area contributed by atoms with E-state index < -0.39 is 5.97 Å². The first-order valence-corrected chi connectivity index (χ1v) is 9.12. The van der Waals surface area contributed by atoms with E-state index in [1.54, 1.807) is 37.3 Å². The van der Waals surface area contributed by atoms with Crippen LogP contribution in [0, 0.1) is 0 Å². The van der Waals surface area contributed by atoms with E-state index in [4.69, 9.17) is 9.47 Å². The molecule has 2 aromatic rings. The molecule has 0 bridgehead atoms. The summed E-state index contributed by atoms with van der Waals surface area (Å²) < 4.78 is 10.7. The van der Waals surface area contributed by atoms with E-state index in [1.165, 1.54) is 6.08 Å². The van der Waals surface area contributed by atoms with Crippen LogP contribution in [0.4, 0.5) is 5.69 Å². The van der Waals surface area contributed by atoms with Crippen molar-refractivity contribution in [1.29, 1.82) is 0 Å². The second kappa shape index (κ2) is 10.8. The normalized spacial score (nSPS) is 10.6. The summed E-state index contributed by atoms with van der Waals surface area (Å²) in [7, 11) is 0. The number of anilines is 1. The van der Waals surface area contributed by atoms with Gasteiger partial charge in [-0.15, -0.1) is 0 Å². The summed E-state index contributed by atoms with van der Waals surface area (Å²) in [6.45, 7) is 4.81. The maximum atomic E-state index is 12.2. The second-order valence-electron chi connectivity index (χ2n) is 5.86. The minimum atomic E-state index is -0.415. The highest BCUT2D eigenvalue weighted by Crippen LogP contribution is 2.20. The van der Waals surface area contributed by atoms with E-state index in [0.29, 0.717) is 24.5 Å². The van der Waals surface area contributed by atoms with Crippen LogP contribution in [0.2, 0.25) is 0 Å². The van der Waals surface area contributed by atoms with Gasteiger partial charge in [0.1, 0.15) is 5.75 Å². The van der Waals surface area contributed by atoms with E-state index in [9.17, 15) is 9.59 Å². The van der Waals surface area contributed by atoms with E-state index in [1.807, 2.05) is 24.3 Å². The van der Waals surface area contributed by atoms with Crippen LogP contribution in [0.25, 0.3) is 6.08 Å². The molecule has 0 heterocycles. The predicted octanol–water partition coefficient (Wildman–Crippen LogP) is 4.69. The Kier molecular flexibility index (Phi) is 8.10. The van der Waals surface area contributed by atoms with Gasteiger partial charge in [-0.05, 0) is 43.7 Å². The third-order valence-corrected chi connectivity index (χ3v) is 3.73. The third-order valence-electron chi connectivity index (χ3n) is 3.73. The second-order valence-corrected chi connectivity index (χ2v) is 5.86. The minimum Gasteiger partial charge on any atom is -0.493 e. The van der Waals surface area contributed by atoms with Crippen molar-refractivity contribution >= 4 is 23.6 Å². The van der Waals surface area contributed by atoms with Crippen molar-refractivity contribution < 1.29 is 19.1 Å². The van der Waals surface area contributed by atoms with Gasteiger partial charge < -0.3 is 14.8 Å². The molecule has 0 atom stereocenters. The van der Waals surface area contributed by atoms with Gasteiger partial charge in [0.05, 0.1) is 18.8 Å². The Hall–Kier alpha value is -3.08. The van der Waals surface area contributed by atoms with Crippen LogP contribution in [0.3, 0.4) is 0 Å². The van der Waals surface area contributed by atoms with Crippen molar-refractivity contribution in [1.82, 2.24) is 0 Å². The molecule has 1 amide bonds. The van der Waals surface area contributed by atoms with Gasteiger partial charge in [0.2, 0.25) is 5.91 Å². The molecule has 0 fully saturated rings. The molecule has 0 saturated carbocycles. The van der Waals surface area contributed by atoms with Crippen molar-refractivity contribution in [3.8, 4) is 5.75 Å². The van der Waals surface area contributed by atoms with Crippen LogP contribution >= 0.6 is 0 Å². The van der Waals surface area contributed by atoms with Crippen LogP contribution in [0.5, 0.6) is 5.75 Å². The van der Waals surface area contributed by atoms with Gasteiger partial charge in [0.15, 0.2) is 0 Å². The predicted molar refractivity (Wildman–Crippen MR) is 107 cm³/mol. The summed E-state index contributed by atoms with van der Waals surface area (Å²) >= 11 is 0. The molecule has 0 aliphatic rings. The molecular formula is C22H25NO4. The molecule has 0 radical (unpaired) electrons. The Labute approximate surface area is 160 Å². The van der Waals surface area contributed by atoms with E-state index >= 15 is 0 Å². The van der Waals surface area contributed by atoms with E-state index in [0.717, 1.165) is 24.2 Å². The monoisotopic (exact) mass is 367 g/mol. The smallest absolute Gasteiger partial charge is 0.338 e. The highest BCUT2D eigenvalue weighted by Gasteiger charge is 2.08. The zero-order valence-corrected chi connectivity index (χ0v) is 15.7. The molecule has 0 aliphatic heterocycles. The van der Waals surface area contributed by atoms with Gasteiger partial charge in [-0.2, -0.15) is 0 Å². The number of hydrogen-bond donors (Lipinski definition) is 1. The van der Waals surface area contributed by atoms with Gasteiger partial charge in [0.25, 0.3) is 0 Å². The summed E-state index contributed by atoms with van der Waals surface area (Å²) in [6, 6.07) is 14.2. The molecule has 0 aromatic heterocycles. The zero-order chi connectivity index (χ0) is 19.5. The largest absolute Gasteiger partial charge is 0.493 e. The fourth-order valence-electron chi connectivity index (χ4n) is 2.36. The zero-order valence-electron chi connectivity index (χ0n) is 15.7. The average molecular weight is 367 g/mol. The summed E-state index contributed by atoms with van der Waals surface area (Å²) in [5.74, 6) is 0.0426. The van der Waals surface area contributed by atoms with Crippen LogP contribution in [0.1, 0.15) is 42.6 Å². The molecule has 5 heteroatoms. The lowest BCUT2D eigenvalue weighted by atomic mass is 10.1. The number of para-hydroxylation sites is 1. The Balaban J connectivity index is 2.02. The average Bonchev–Trinajstić information content (AvgIpc) is 2.68. The molecule has 27 heavy (non-hydrogen) atoms.